The minimum Gasteiger partial charge on any atom is -0.394 e. The van der Waals surface area contributed by atoms with E-state index in [2.05, 4.69) is 5.32 Å². The minimum atomic E-state index is 0.137. The van der Waals surface area contributed by atoms with E-state index in [1.54, 1.807) is 0 Å². The van der Waals surface area contributed by atoms with Gasteiger partial charge in [-0.05, 0) is 38.1 Å². The first-order chi connectivity index (χ1) is 5.37. The molecule has 2 fully saturated rings. The molecule has 2 N–H and O–H groups in total. The van der Waals surface area contributed by atoms with E-state index in [1.807, 2.05) is 0 Å². The monoisotopic (exact) mass is 155 g/mol. The van der Waals surface area contributed by atoms with E-state index in [-0.39, 0.29) is 5.54 Å². The largest absolute Gasteiger partial charge is 0.394 e. The summed E-state index contributed by atoms with van der Waals surface area (Å²) < 4.78 is 0. The fourth-order valence-electron chi connectivity index (χ4n) is 2.40. The first kappa shape index (κ1) is 7.56. The van der Waals surface area contributed by atoms with Gasteiger partial charge in [0.05, 0.1) is 6.61 Å². The summed E-state index contributed by atoms with van der Waals surface area (Å²) in [6.07, 6.45) is 6.46. The Morgan fingerprint density at radius 3 is 2.55 bits per heavy atom. The van der Waals surface area contributed by atoms with Gasteiger partial charge in [0.25, 0.3) is 0 Å². The van der Waals surface area contributed by atoms with Gasteiger partial charge in [0.1, 0.15) is 0 Å². The van der Waals surface area contributed by atoms with E-state index < -0.39 is 0 Å². The summed E-state index contributed by atoms with van der Waals surface area (Å²) in [5, 5.41) is 12.8. The van der Waals surface area contributed by atoms with Gasteiger partial charge in [-0.3, -0.25) is 0 Å². The zero-order valence-corrected chi connectivity index (χ0v) is 6.97. The van der Waals surface area contributed by atoms with Gasteiger partial charge in [-0.1, -0.05) is 6.42 Å². The maximum atomic E-state index is 9.29. The highest BCUT2D eigenvalue weighted by atomic mass is 16.3. The predicted octanol–water partition coefficient (Wildman–Crippen LogP) is 0.901. The number of nitrogens with one attached hydrogen (secondary N) is 1. The number of aliphatic hydroxyl groups is 1. The lowest BCUT2D eigenvalue weighted by atomic mass is 9.70. The molecule has 11 heavy (non-hydrogen) atoms. The highest BCUT2D eigenvalue weighted by Gasteiger charge is 2.42. The summed E-state index contributed by atoms with van der Waals surface area (Å²) in [6, 6.07) is 0. The first-order valence-electron chi connectivity index (χ1n) is 4.73. The Labute approximate surface area is 68.0 Å². The van der Waals surface area contributed by atoms with Crippen molar-refractivity contribution in [1.29, 1.82) is 0 Å². The molecule has 2 nitrogen and oxygen atoms in total. The smallest absolute Gasteiger partial charge is 0.0616 e. The molecule has 1 saturated heterocycles. The lowest BCUT2D eigenvalue weighted by molar-refractivity contribution is 0.0751. The molecule has 2 heteroatoms. The van der Waals surface area contributed by atoms with Crippen molar-refractivity contribution in [3.8, 4) is 0 Å². The van der Waals surface area contributed by atoms with Crippen molar-refractivity contribution in [2.24, 2.45) is 5.92 Å². The second-order valence-electron chi connectivity index (χ2n) is 3.97. The third kappa shape index (κ3) is 1.09. The van der Waals surface area contributed by atoms with Crippen LogP contribution >= 0.6 is 0 Å². The molecule has 1 heterocycles. The predicted molar refractivity (Wildman–Crippen MR) is 44.4 cm³/mol. The molecule has 1 saturated carbocycles. The molecule has 0 amide bonds. The van der Waals surface area contributed by atoms with Gasteiger partial charge in [0.15, 0.2) is 0 Å². The quantitative estimate of drug-likeness (QED) is 0.621. The van der Waals surface area contributed by atoms with Gasteiger partial charge in [0.2, 0.25) is 0 Å². The zero-order chi connectivity index (χ0) is 7.73. The Kier molecular flexibility index (Phi) is 1.90. The van der Waals surface area contributed by atoms with Crippen LogP contribution in [0.15, 0.2) is 0 Å². The molecule has 2 aliphatic rings. The second kappa shape index (κ2) is 2.76. The minimum absolute atomic E-state index is 0.137. The molecule has 1 unspecified atom stereocenters. The second-order valence-corrected chi connectivity index (χ2v) is 3.97. The SMILES string of the molecule is OCC1(C2CCC2)CCCN1. The van der Waals surface area contributed by atoms with Gasteiger partial charge < -0.3 is 10.4 Å². The highest BCUT2D eigenvalue weighted by Crippen LogP contribution is 2.40. The summed E-state index contributed by atoms with van der Waals surface area (Å²) in [5.41, 5.74) is 0.137. The first-order valence-corrected chi connectivity index (χ1v) is 4.73. The molecule has 0 aromatic heterocycles. The van der Waals surface area contributed by atoms with Crippen LogP contribution in [0.5, 0.6) is 0 Å². The van der Waals surface area contributed by atoms with Crippen molar-refractivity contribution in [2.75, 3.05) is 13.2 Å². The van der Waals surface area contributed by atoms with Crippen LogP contribution in [0.25, 0.3) is 0 Å². The number of hydrogen-bond acceptors (Lipinski definition) is 2. The van der Waals surface area contributed by atoms with E-state index >= 15 is 0 Å². The van der Waals surface area contributed by atoms with Crippen LogP contribution in [-0.2, 0) is 0 Å². The number of hydrogen-bond donors (Lipinski definition) is 2. The molecule has 0 radical (unpaired) electrons. The van der Waals surface area contributed by atoms with E-state index in [0.29, 0.717) is 6.61 Å². The van der Waals surface area contributed by atoms with Crippen molar-refractivity contribution in [1.82, 2.24) is 5.32 Å². The van der Waals surface area contributed by atoms with Gasteiger partial charge in [-0.25, -0.2) is 0 Å². The van der Waals surface area contributed by atoms with Crippen molar-refractivity contribution >= 4 is 0 Å². The van der Waals surface area contributed by atoms with Crippen LogP contribution in [0.3, 0.4) is 0 Å². The summed E-state index contributed by atoms with van der Waals surface area (Å²) in [6.45, 7) is 1.45. The van der Waals surface area contributed by atoms with Crippen LogP contribution in [0.1, 0.15) is 32.1 Å². The summed E-state index contributed by atoms with van der Waals surface area (Å²) in [7, 11) is 0. The zero-order valence-electron chi connectivity index (χ0n) is 6.97. The Hall–Kier alpha value is -0.0800. The fraction of sp³-hybridized carbons (Fsp3) is 1.00. The Morgan fingerprint density at radius 1 is 1.36 bits per heavy atom. The topological polar surface area (TPSA) is 32.3 Å². The maximum Gasteiger partial charge on any atom is 0.0616 e. The Morgan fingerprint density at radius 2 is 2.18 bits per heavy atom. The van der Waals surface area contributed by atoms with Crippen LogP contribution in [-0.4, -0.2) is 23.8 Å². The molecule has 1 aliphatic heterocycles. The molecule has 0 spiro atoms. The molecular weight excluding hydrogens is 138 g/mol. The molecule has 0 aromatic rings. The molecule has 0 aromatic carbocycles. The van der Waals surface area contributed by atoms with Crippen LogP contribution in [0.2, 0.25) is 0 Å². The number of rotatable bonds is 2. The molecule has 0 bridgehead atoms. The van der Waals surface area contributed by atoms with Crippen molar-refractivity contribution in [2.45, 2.75) is 37.6 Å². The normalized spacial score (nSPS) is 39.0. The summed E-state index contributed by atoms with van der Waals surface area (Å²) in [5.74, 6) is 0.773. The van der Waals surface area contributed by atoms with Gasteiger partial charge in [-0.15, -0.1) is 0 Å². The molecule has 1 atom stereocenters. The molecule has 64 valence electrons. The Bertz CT molecular complexity index is 136. The third-order valence-corrected chi connectivity index (χ3v) is 3.45. The van der Waals surface area contributed by atoms with Gasteiger partial charge in [0, 0.05) is 5.54 Å². The van der Waals surface area contributed by atoms with Crippen LogP contribution in [0.4, 0.5) is 0 Å². The van der Waals surface area contributed by atoms with E-state index in [1.165, 1.54) is 32.1 Å². The average Bonchev–Trinajstić information content (AvgIpc) is 2.34. The third-order valence-electron chi connectivity index (χ3n) is 3.45. The van der Waals surface area contributed by atoms with E-state index in [9.17, 15) is 5.11 Å². The molecule has 2 rings (SSSR count). The lowest BCUT2D eigenvalue weighted by Gasteiger charge is -2.41. The summed E-state index contributed by atoms with van der Waals surface area (Å²) in [4.78, 5) is 0. The van der Waals surface area contributed by atoms with Gasteiger partial charge in [-0.2, -0.15) is 0 Å². The molecule has 1 aliphatic carbocycles. The van der Waals surface area contributed by atoms with Crippen molar-refractivity contribution < 1.29 is 5.11 Å². The van der Waals surface area contributed by atoms with Crippen LogP contribution < -0.4 is 5.32 Å². The lowest BCUT2D eigenvalue weighted by Crippen LogP contribution is -2.52. The number of aliphatic hydroxyl groups excluding tert-OH is 1. The Balaban J connectivity index is 2.02. The fourth-order valence-corrected chi connectivity index (χ4v) is 2.40. The summed E-state index contributed by atoms with van der Waals surface area (Å²) >= 11 is 0. The average molecular weight is 155 g/mol. The standard InChI is InChI=1S/C9H17NO/c11-7-9(5-2-6-10-9)8-3-1-4-8/h8,10-11H,1-7H2. The van der Waals surface area contributed by atoms with Crippen molar-refractivity contribution in [3.05, 3.63) is 0 Å². The van der Waals surface area contributed by atoms with Crippen LogP contribution in [0, 0.1) is 5.92 Å². The highest BCUT2D eigenvalue weighted by molar-refractivity contribution is 5.00. The maximum absolute atomic E-state index is 9.29. The van der Waals surface area contributed by atoms with E-state index in [4.69, 9.17) is 0 Å². The molecular formula is C9H17NO. The van der Waals surface area contributed by atoms with Crippen molar-refractivity contribution in [3.63, 3.8) is 0 Å². The van der Waals surface area contributed by atoms with E-state index in [0.717, 1.165) is 12.5 Å². The van der Waals surface area contributed by atoms with Gasteiger partial charge >= 0.3 is 0 Å².